The van der Waals surface area contributed by atoms with Gasteiger partial charge in [0.25, 0.3) is 0 Å². The lowest BCUT2D eigenvalue weighted by Crippen LogP contribution is -2.50. The Labute approximate surface area is 232 Å². The monoisotopic (exact) mass is 584 g/mol. The first-order valence-corrected chi connectivity index (χ1v) is 12.8. The predicted octanol–water partition coefficient (Wildman–Crippen LogP) is 4.64. The number of aliphatic carboxylic acids is 1. The number of likely N-dealkylation sites (tertiary alicyclic amines) is 1. The van der Waals surface area contributed by atoms with Crippen molar-refractivity contribution >= 4 is 41.1 Å². The topological polar surface area (TPSA) is 134 Å². The summed E-state index contributed by atoms with van der Waals surface area (Å²) in [7, 11) is 1.57. The van der Waals surface area contributed by atoms with Crippen molar-refractivity contribution in [1.29, 1.82) is 0 Å². The molecule has 216 valence electrons. The molecule has 10 nitrogen and oxygen atoms in total. The Morgan fingerprint density at radius 3 is 2.52 bits per heavy atom. The molecule has 1 saturated heterocycles. The van der Waals surface area contributed by atoms with Crippen LogP contribution in [0.3, 0.4) is 0 Å². The highest BCUT2D eigenvalue weighted by Crippen LogP contribution is 2.38. The standard InChI is InChI=1S/C26H28ClF3N4O6/c1-39-17-2-3-20-15(13-17)4-9-34(24(37)32-20)16-5-7-33(8-6-16)25(38)40-21(23(35)36)12-14-10-18(26(28,29)30)22(31)19(27)11-14/h2-3,10-11,13,16,21H,4-9,12,31H2,1H3,(H,32,37)(H,35,36)/t21-/m1/s1. The van der Waals surface area contributed by atoms with Crippen molar-refractivity contribution in [1.82, 2.24) is 9.80 Å². The number of halogens is 4. The zero-order valence-corrected chi connectivity index (χ0v) is 22.2. The van der Waals surface area contributed by atoms with E-state index in [0.29, 0.717) is 43.3 Å². The van der Waals surface area contributed by atoms with Crippen LogP contribution in [0, 0.1) is 0 Å². The Kier molecular flexibility index (Phi) is 8.52. The largest absolute Gasteiger partial charge is 0.497 e. The number of nitrogens with zero attached hydrogens (tertiary/aromatic N) is 2. The van der Waals surface area contributed by atoms with Gasteiger partial charge in [0.1, 0.15) is 5.75 Å². The third-order valence-corrected chi connectivity index (χ3v) is 7.35. The number of fused-ring (bicyclic) bond motifs is 1. The first-order chi connectivity index (χ1) is 18.9. The van der Waals surface area contributed by atoms with E-state index in [1.54, 1.807) is 24.1 Å². The maximum absolute atomic E-state index is 13.3. The Morgan fingerprint density at radius 2 is 1.90 bits per heavy atom. The SMILES string of the molecule is COc1ccc2c(c1)CCN(C1CCN(C(=O)O[C@H](Cc3cc(Cl)c(N)c(C(F)(F)F)c3)C(=O)O)CC1)C(=O)N2. The van der Waals surface area contributed by atoms with E-state index >= 15 is 0 Å². The molecule has 0 saturated carbocycles. The summed E-state index contributed by atoms with van der Waals surface area (Å²) < 4.78 is 50.3. The molecule has 3 amide bonds. The molecule has 1 fully saturated rings. The maximum atomic E-state index is 13.3. The highest BCUT2D eigenvalue weighted by atomic mass is 35.5. The lowest BCUT2D eigenvalue weighted by atomic mass is 10.0. The van der Waals surface area contributed by atoms with Gasteiger partial charge in [0, 0.05) is 37.8 Å². The number of anilines is 2. The molecule has 0 unspecified atom stereocenters. The number of benzene rings is 2. The van der Waals surface area contributed by atoms with Crippen LogP contribution in [0.25, 0.3) is 0 Å². The highest BCUT2D eigenvalue weighted by molar-refractivity contribution is 6.33. The van der Waals surface area contributed by atoms with Crippen LogP contribution in [-0.2, 0) is 28.5 Å². The molecular formula is C26H28ClF3N4O6. The molecule has 0 radical (unpaired) electrons. The molecular weight excluding hydrogens is 557 g/mol. The highest BCUT2D eigenvalue weighted by Gasteiger charge is 2.36. The normalized spacial score (nSPS) is 17.0. The van der Waals surface area contributed by atoms with Crippen LogP contribution < -0.4 is 15.8 Å². The summed E-state index contributed by atoms with van der Waals surface area (Å²) in [4.78, 5) is 40.5. The van der Waals surface area contributed by atoms with E-state index < -0.39 is 42.0 Å². The number of urea groups is 1. The van der Waals surface area contributed by atoms with Crippen molar-refractivity contribution in [3.63, 3.8) is 0 Å². The van der Waals surface area contributed by atoms with Crippen molar-refractivity contribution in [3.05, 3.63) is 52.0 Å². The van der Waals surface area contributed by atoms with E-state index in [0.717, 1.165) is 11.6 Å². The number of nitrogens with two attached hydrogens (primary N) is 1. The first-order valence-electron chi connectivity index (χ1n) is 12.5. The second kappa shape index (κ2) is 11.7. The van der Waals surface area contributed by atoms with Gasteiger partial charge in [-0.1, -0.05) is 11.6 Å². The van der Waals surface area contributed by atoms with Gasteiger partial charge in [0.15, 0.2) is 0 Å². The van der Waals surface area contributed by atoms with Crippen LogP contribution in [0.2, 0.25) is 5.02 Å². The quantitative estimate of drug-likeness (QED) is 0.421. The van der Waals surface area contributed by atoms with Crippen molar-refractivity contribution in [2.24, 2.45) is 0 Å². The number of rotatable bonds is 6. The number of hydrogen-bond acceptors (Lipinski definition) is 6. The van der Waals surface area contributed by atoms with Gasteiger partial charge in [-0.3, -0.25) is 0 Å². The summed E-state index contributed by atoms with van der Waals surface area (Å²) in [5, 5.41) is 12.1. The smallest absolute Gasteiger partial charge is 0.418 e. The van der Waals surface area contributed by atoms with Gasteiger partial charge in [-0.15, -0.1) is 0 Å². The van der Waals surface area contributed by atoms with Gasteiger partial charge in [-0.05, 0) is 60.7 Å². The van der Waals surface area contributed by atoms with Crippen LogP contribution in [0.15, 0.2) is 30.3 Å². The van der Waals surface area contributed by atoms with Crippen molar-refractivity contribution in [2.45, 2.75) is 44.0 Å². The number of carbonyl (C=O) groups excluding carboxylic acids is 2. The molecule has 14 heteroatoms. The van der Waals surface area contributed by atoms with Crippen LogP contribution in [0.4, 0.5) is 34.1 Å². The zero-order valence-electron chi connectivity index (χ0n) is 21.5. The number of hydrogen-bond donors (Lipinski definition) is 3. The summed E-state index contributed by atoms with van der Waals surface area (Å²) in [6.07, 6.45) is -6.53. The molecule has 0 aromatic heterocycles. The number of carbonyl (C=O) groups is 3. The molecule has 2 aromatic carbocycles. The molecule has 2 aliphatic heterocycles. The van der Waals surface area contributed by atoms with Crippen LogP contribution in [0.5, 0.6) is 5.75 Å². The van der Waals surface area contributed by atoms with E-state index in [-0.39, 0.29) is 35.7 Å². The summed E-state index contributed by atoms with van der Waals surface area (Å²) in [6, 6.07) is 6.82. The Bertz CT molecular complexity index is 1300. The summed E-state index contributed by atoms with van der Waals surface area (Å²) in [5.41, 5.74) is 5.10. The van der Waals surface area contributed by atoms with Gasteiger partial charge in [-0.25, -0.2) is 14.4 Å². The van der Waals surface area contributed by atoms with Crippen molar-refractivity contribution in [3.8, 4) is 5.75 Å². The second-order valence-electron chi connectivity index (χ2n) is 9.57. The summed E-state index contributed by atoms with van der Waals surface area (Å²) >= 11 is 5.83. The van der Waals surface area contributed by atoms with Gasteiger partial charge in [0.05, 0.1) is 23.4 Å². The van der Waals surface area contributed by atoms with Gasteiger partial charge in [-0.2, -0.15) is 13.2 Å². The second-order valence-corrected chi connectivity index (χ2v) is 9.97. The minimum atomic E-state index is -4.80. The van der Waals surface area contributed by atoms with Gasteiger partial charge >= 0.3 is 24.3 Å². The number of nitrogen functional groups attached to an aromatic ring is 1. The number of nitrogens with one attached hydrogen (secondary N) is 1. The molecule has 4 rings (SSSR count). The van der Waals surface area contributed by atoms with Crippen molar-refractivity contribution in [2.75, 3.05) is 37.8 Å². The minimum Gasteiger partial charge on any atom is -0.497 e. The molecule has 0 spiro atoms. The van der Waals surface area contributed by atoms with E-state index in [4.69, 9.17) is 26.8 Å². The Hall–Kier alpha value is -3.87. The number of methoxy groups -OCH3 is 1. The lowest BCUT2D eigenvalue weighted by Gasteiger charge is -2.37. The molecule has 0 aliphatic carbocycles. The fourth-order valence-electron chi connectivity index (χ4n) is 4.88. The van der Waals surface area contributed by atoms with Gasteiger partial charge in [0.2, 0.25) is 6.10 Å². The van der Waals surface area contributed by atoms with E-state index in [2.05, 4.69) is 5.32 Å². The van der Waals surface area contributed by atoms with E-state index in [9.17, 15) is 32.7 Å². The molecule has 0 bridgehead atoms. The van der Waals surface area contributed by atoms with E-state index in [1.807, 2.05) is 6.07 Å². The zero-order chi connectivity index (χ0) is 29.2. The number of carboxylic acid groups (broad SMARTS) is 1. The third kappa shape index (κ3) is 6.46. The van der Waals surface area contributed by atoms with Crippen LogP contribution >= 0.6 is 11.6 Å². The predicted molar refractivity (Wildman–Crippen MR) is 139 cm³/mol. The molecule has 2 aromatic rings. The fourth-order valence-corrected chi connectivity index (χ4v) is 5.12. The van der Waals surface area contributed by atoms with Crippen LogP contribution in [0.1, 0.15) is 29.5 Å². The Morgan fingerprint density at radius 1 is 1.20 bits per heavy atom. The number of carboxylic acids is 1. The number of piperidine rings is 1. The minimum absolute atomic E-state index is 0.101. The van der Waals surface area contributed by atoms with Gasteiger partial charge < -0.3 is 35.4 Å². The van der Waals surface area contributed by atoms with E-state index in [1.165, 1.54) is 4.90 Å². The third-order valence-electron chi connectivity index (χ3n) is 7.03. The molecule has 2 aliphatic rings. The Balaban J connectivity index is 1.36. The number of ether oxygens (including phenoxy) is 2. The lowest BCUT2D eigenvalue weighted by molar-refractivity contribution is -0.147. The molecule has 4 N–H and O–H groups in total. The molecule has 2 heterocycles. The van der Waals surface area contributed by atoms with Crippen molar-refractivity contribution < 1.29 is 42.1 Å². The van der Waals surface area contributed by atoms with Crippen LogP contribution in [-0.4, -0.2) is 71.9 Å². The fraction of sp³-hybridized carbons (Fsp3) is 0.423. The molecule has 1 atom stereocenters. The summed E-state index contributed by atoms with van der Waals surface area (Å²) in [5.74, 6) is -0.838. The molecule has 40 heavy (non-hydrogen) atoms. The average Bonchev–Trinajstić information content (AvgIpc) is 3.07. The number of alkyl halides is 3. The summed E-state index contributed by atoms with van der Waals surface area (Å²) in [6.45, 7) is 0.866. The first kappa shape index (κ1) is 29.1. The maximum Gasteiger partial charge on any atom is 0.418 e. The number of amides is 3. The average molecular weight is 585 g/mol.